The van der Waals surface area contributed by atoms with Crippen LogP contribution in [-0.2, 0) is 4.57 Å². The van der Waals surface area contributed by atoms with E-state index in [4.69, 9.17) is 9.79 Å². The summed E-state index contributed by atoms with van der Waals surface area (Å²) >= 11 is 4.20. The zero-order valence-corrected chi connectivity index (χ0v) is 11.9. The Morgan fingerprint density at radius 1 is 1.00 bits per heavy atom. The molecular formula is C12H11N2O4PS. The lowest BCUT2D eigenvalue weighted by Gasteiger charge is -2.05. The number of nitrogens with zero attached hydrogens (tertiary/aromatic N) is 2. The quantitative estimate of drug-likeness (QED) is 0.454. The largest absolute Gasteiger partial charge is 0.524 e. The summed E-state index contributed by atoms with van der Waals surface area (Å²) < 4.78 is 15.1. The monoisotopic (exact) mass is 310 g/mol. The van der Waals surface area contributed by atoms with Crippen LogP contribution in [0.5, 0.6) is 5.75 Å². The molecule has 0 aliphatic carbocycles. The molecule has 2 aromatic carbocycles. The third kappa shape index (κ3) is 4.79. The second-order valence-corrected chi connectivity index (χ2v) is 5.48. The van der Waals surface area contributed by atoms with Crippen LogP contribution >= 0.6 is 20.5 Å². The van der Waals surface area contributed by atoms with Crippen LogP contribution in [0.15, 0.2) is 63.7 Å². The van der Waals surface area contributed by atoms with Crippen molar-refractivity contribution in [1.29, 1.82) is 0 Å². The molecule has 0 saturated heterocycles. The highest BCUT2D eigenvalue weighted by molar-refractivity contribution is 7.80. The number of hydrogen-bond acceptors (Lipinski definition) is 5. The highest BCUT2D eigenvalue weighted by Crippen LogP contribution is 2.37. The van der Waals surface area contributed by atoms with E-state index in [0.717, 1.165) is 4.90 Å². The Kier molecular flexibility index (Phi) is 4.57. The second-order valence-electron chi connectivity index (χ2n) is 3.80. The SMILES string of the molecule is O=P(O)(O)Oc1ccc(N=Nc2cccc(S)c2)cc1. The number of benzene rings is 2. The minimum atomic E-state index is -4.53. The first-order valence-electron chi connectivity index (χ1n) is 5.48. The van der Waals surface area contributed by atoms with Crippen LogP contribution in [0.2, 0.25) is 0 Å². The molecule has 0 aromatic heterocycles. The van der Waals surface area contributed by atoms with Gasteiger partial charge in [0, 0.05) is 4.90 Å². The molecule has 2 aromatic rings. The van der Waals surface area contributed by atoms with Gasteiger partial charge in [0.2, 0.25) is 0 Å². The van der Waals surface area contributed by atoms with E-state index >= 15 is 0 Å². The third-order valence-electron chi connectivity index (χ3n) is 2.17. The van der Waals surface area contributed by atoms with E-state index < -0.39 is 7.82 Å². The summed E-state index contributed by atoms with van der Waals surface area (Å²) in [6.45, 7) is 0. The van der Waals surface area contributed by atoms with Crippen molar-refractivity contribution in [2.45, 2.75) is 4.90 Å². The van der Waals surface area contributed by atoms with Crippen LogP contribution in [-0.4, -0.2) is 9.79 Å². The zero-order chi connectivity index (χ0) is 14.6. The summed E-state index contributed by atoms with van der Waals surface area (Å²) in [4.78, 5) is 18.1. The van der Waals surface area contributed by atoms with E-state index in [1.165, 1.54) is 12.1 Å². The lowest BCUT2D eigenvalue weighted by Crippen LogP contribution is -1.88. The van der Waals surface area contributed by atoms with Crippen molar-refractivity contribution in [3.63, 3.8) is 0 Å². The Morgan fingerprint density at radius 3 is 2.25 bits per heavy atom. The van der Waals surface area contributed by atoms with Crippen LogP contribution in [0.4, 0.5) is 11.4 Å². The normalized spacial score (nSPS) is 11.8. The first kappa shape index (κ1) is 14.7. The first-order chi connectivity index (χ1) is 9.42. The van der Waals surface area contributed by atoms with Crippen molar-refractivity contribution in [2.24, 2.45) is 10.2 Å². The van der Waals surface area contributed by atoms with Crippen molar-refractivity contribution in [3.05, 3.63) is 48.5 Å². The van der Waals surface area contributed by atoms with Crippen molar-refractivity contribution in [1.82, 2.24) is 0 Å². The molecule has 0 heterocycles. The molecule has 0 spiro atoms. The maximum Gasteiger partial charge on any atom is 0.524 e. The average Bonchev–Trinajstić information content (AvgIpc) is 2.36. The zero-order valence-electron chi connectivity index (χ0n) is 10.1. The van der Waals surface area contributed by atoms with Gasteiger partial charge in [0.15, 0.2) is 0 Å². The number of phosphoric ester groups is 1. The summed E-state index contributed by atoms with van der Waals surface area (Å²) in [7, 11) is -4.53. The molecule has 8 heteroatoms. The molecule has 0 saturated carbocycles. The average molecular weight is 310 g/mol. The first-order valence-corrected chi connectivity index (χ1v) is 7.46. The summed E-state index contributed by atoms with van der Waals surface area (Å²) in [5.74, 6) is 0.0645. The van der Waals surface area contributed by atoms with Gasteiger partial charge >= 0.3 is 7.82 Å². The van der Waals surface area contributed by atoms with Crippen molar-refractivity contribution in [2.75, 3.05) is 0 Å². The lowest BCUT2D eigenvalue weighted by molar-refractivity contribution is 0.283. The Balaban J connectivity index is 2.09. The smallest absolute Gasteiger partial charge is 0.404 e. The summed E-state index contributed by atoms with van der Waals surface area (Å²) in [6, 6.07) is 13.1. The van der Waals surface area contributed by atoms with E-state index in [2.05, 4.69) is 27.4 Å². The fourth-order valence-electron chi connectivity index (χ4n) is 1.38. The molecule has 0 amide bonds. The van der Waals surface area contributed by atoms with Crippen LogP contribution < -0.4 is 4.52 Å². The highest BCUT2D eigenvalue weighted by Gasteiger charge is 2.15. The minimum Gasteiger partial charge on any atom is -0.404 e. The number of thiol groups is 1. The van der Waals surface area contributed by atoms with E-state index in [0.29, 0.717) is 11.4 Å². The Hall–Kier alpha value is -1.66. The topological polar surface area (TPSA) is 91.5 Å². The van der Waals surface area contributed by atoms with Gasteiger partial charge in [-0.1, -0.05) is 6.07 Å². The lowest BCUT2D eigenvalue weighted by atomic mass is 10.3. The van der Waals surface area contributed by atoms with Crippen LogP contribution in [0.25, 0.3) is 0 Å². The van der Waals surface area contributed by atoms with Gasteiger partial charge in [0.05, 0.1) is 11.4 Å². The van der Waals surface area contributed by atoms with E-state index in [1.807, 2.05) is 12.1 Å². The van der Waals surface area contributed by atoms with E-state index in [1.54, 1.807) is 24.3 Å². The summed E-state index contributed by atoms with van der Waals surface area (Å²) in [6.07, 6.45) is 0. The molecule has 20 heavy (non-hydrogen) atoms. The van der Waals surface area contributed by atoms with Gasteiger partial charge in [-0.2, -0.15) is 10.2 Å². The molecule has 0 aliphatic heterocycles. The maximum atomic E-state index is 10.7. The molecule has 0 atom stereocenters. The number of phosphoric acid groups is 1. The molecule has 0 radical (unpaired) electrons. The number of hydrogen-bond donors (Lipinski definition) is 3. The molecule has 104 valence electrons. The molecule has 2 rings (SSSR count). The molecule has 0 bridgehead atoms. The van der Waals surface area contributed by atoms with Crippen LogP contribution in [0.3, 0.4) is 0 Å². The molecule has 0 aliphatic rings. The minimum absolute atomic E-state index is 0.0645. The fourth-order valence-corrected chi connectivity index (χ4v) is 2.00. The van der Waals surface area contributed by atoms with Crippen molar-refractivity contribution >= 4 is 31.8 Å². The second kappa shape index (κ2) is 6.19. The molecule has 6 nitrogen and oxygen atoms in total. The highest BCUT2D eigenvalue weighted by atomic mass is 32.1. The fraction of sp³-hybridized carbons (Fsp3) is 0. The van der Waals surface area contributed by atoms with Crippen molar-refractivity contribution < 1.29 is 18.9 Å². The molecule has 2 N–H and O–H groups in total. The molecule has 0 unspecified atom stereocenters. The number of rotatable bonds is 4. The Morgan fingerprint density at radius 2 is 1.65 bits per heavy atom. The van der Waals surface area contributed by atoms with Gasteiger partial charge < -0.3 is 4.52 Å². The Bertz CT molecular complexity index is 669. The molecular weight excluding hydrogens is 299 g/mol. The standard InChI is InChI=1S/C12H11N2O4PS/c15-19(16,17)18-11-6-4-9(5-7-11)13-14-10-2-1-3-12(20)8-10/h1-8,20H,(H2,15,16,17). The van der Waals surface area contributed by atoms with Crippen LogP contribution in [0, 0.1) is 0 Å². The van der Waals surface area contributed by atoms with Gasteiger partial charge in [-0.15, -0.1) is 12.6 Å². The van der Waals surface area contributed by atoms with E-state index in [9.17, 15) is 4.57 Å². The maximum absolute atomic E-state index is 10.7. The third-order valence-corrected chi connectivity index (χ3v) is 2.90. The van der Waals surface area contributed by atoms with Crippen molar-refractivity contribution in [3.8, 4) is 5.75 Å². The van der Waals surface area contributed by atoms with Gasteiger partial charge in [-0.05, 0) is 42.5 Å². The van der Waals surface area contributed by atoms with Gasteiger partial charge in [-0.3, -0.25) is 9.79 Å². The van der Waals surface area contributed by atoms with E-state index in [-0.39, 0.29) is 5.75 Å². The summed E-state index contributed by atoms with van der Waals surface area (Å²) in [5, 5.41) is 8.02. The van der Waals surface area contributed by atoms with Gasteiger partial charge in [0.25, 0.3) is 0 Å². The van der Waals surface area contributed by atoms with Gasteiger partial charge in [-0.25, -0.2) is 4.57 Å². The van der Waals surface area contributed by atoms with Crippen LogP contribution in [0.1, 0.15) is 0 Å². The molecule has 0 fully saturated rings. The van der Waals surface area contributed by atoms with Gasteiger partial charge in [0.1, 0.15) is 5.75 Å². The predicted molar refractivity (Wildman–Crippen MR) is 77.0 cm³/mol. The predicted octanol–water partition coefficient (Wildman–Crippen LogP) is 3.86. The number of azo groups is 1. The Labute approximate surface area is 120 Å². The summed E-state index contributed by atoms with van der Waals surface area (Å²) in [5.41, 5.74) is 1.20.